The van der Waals surface area contributed by atoms with Gasteiger partial charge in [-0.15, -0.1) is 0 Å². The summed E-state index contributed by atoms with van der Waals surface area (Å²) in [6.07, 6.45) is 1.89. The van der Waals surface area contributed by atoms with Gasteiger partial charge in [-0.25, -0.2) is 9.37 Å². The molecule has 3 rings (SSSR count). The molecule has 1 aliphatic heterocycles. The lowest BCUT2D eigenvalue weighted by Crippen LogP contribution is -2.45. The van der Waals surface area contributed by atoms with E-state index in [9.17, 15) is 9.18 Å². The van der Waals surface area contributed by atoms with Gasteiger partial charge in [-0.05, 0) is 51.1 Å². The van der Waals surface area contributed by atoms with Gasteiger partial charge >= 0.3 is 0 Å². The lowest BCUT2D eigenvalue weighted by atomic mass is 9.81. The number of rotatable bonds is 3. The van der Waals surface area contributed by atoms with Crippen LogP contribution in [-0.4, -0.2) is 28.1 Å². The van der Waals surface area contributed by atoms with Crippen LogP contribution < -0.4 is 10.6 Å². The molecule has 1 aromatic carbocycles. The van der Waals surface area contributed by atoms with Gasteiger partial charge in [0, 0.05) is 23.9 Å². The van der Waals surface area contributed by atoms with E-state index < -0.39 is 22.9 Å². The fourth-order valence-electron chi connectivity index (χ4n) is 3.45. The fourth-order valence-corrected chi connectivity index (χ4v) is 3.84. The highest BCUT2D eigenvalue weighted by molar-refractivity contribution is 7.80. The Hall–Kier alpha value is -2.09. The number of carbonyl (C=O) groups excluding carboxylic acids is 1. The van der Waals surface area contributed by atoms with Gasteiger partial charge in [-0.1, -0.05) is 23.8 Å². The van der Waals surface area contributed by atoms with Gasteiger partial charge in [0.1, 0.15) is 16.5 Å². The normalized spacial score (nSPS) is 21.5. The third-order valence-corrected chi connectivity index (χ3v) is 5.01. The van der Waals surface area contributed by atoms with Crippen LogP contribution in [0.5, 0.6) is 0 Å². The number of benzene rings is 1. The first-order valence-corrected chi connectivity index (χ1v) is 9.55. The van der Waals surface area contributed by atoms with E-state index in [0.29, 0.717) is 27.7 Å². The van der Waals surface area contributed by atoms with Crippen LogP contribution in [0.4, 0.5) is 10.1 Å². The molecule has 5 nitrogen and oxygen atoms in total. The largest absolute Gasteiger partial charge is 0.368 e. The molecule has 1 saturated heterocycles. The molecule has 0 aliphatic carbocycles. The van der Waals surface area contributed by atoms with Gasteiger partial charge in [0.15, 0.2) is 0 Å². The maximum absolute atomic E-state index is 14.8. The Kier molecular flexibility index (Phi) is 5.70. The Balaban J connectivity index is 1.91. The maximum atomic E-state index is 14.8. The van der Waals surface area contributed by atoms with Crippen LogP contribution in [0.3, 0.4) is 0 Å². The molecule has 1 aromatic heterocycles. The Morgan fingerprint density at radius 3 is 2.75 bits per heavy atom. The Morgan fingerprint density at radius 2 is 2.07 bits per heavy atom. The summed E-state index contributed by atoms with van der Waals surface area (Å²) in [4.78, 5) is 16.9. The first-order valence-electron chi connectivity index (χ1n) is 8.76. The molecule has 0 radical (unpaired) electrons. The standard InChI is InChI=1S/C20H21ClFN3O2S/c1-19(2)11-20(3,25-17(28)10-27-19)14-8-13(5-6-15(14)22)24-18(26)16-7-4-12(21)9-23-16/h4-9H,10-11H2,1-3H3,(H,24,26)(H,25,28). The number of aromatic nitrogens is 1. The quantitative estimate of drug-likeness (QED) is 0.716. The number of hydrogen-bond acceptors (Lipinski definition) is 4. The van der Waals surface area contributed by atoms with Crippen molar-refractivity contribution in [3.63, 3.8) is 0 Å². The summed E-state index contributed by atoms with van der Waals surface area (Å²) in [5.41, 5.74) is -0.225. The van der Waals surface area contributed by atoms with Crippen molar-refractivity contribution in [2.24, 2.45) is 0 Å². The number of nitrogens with zero attached hydrogens (tertiary/aromatic N) is 1. The van der Waals surface area contributed by atoms with Gasteiger partial charge in [0.25, 0.3) is 5.91 Å². The second-order valence-electron chi connectivity index (χ2n) is 7.62. The van der Waals surface area contributed by atoms with E-state index in [0.717, 1.165) is 0 Å². The molecule has 0 saturated carbocycles. The summed E-state index contributed by atoms with van der Waals surface area (Å²) in [5.74, 6) is -0.800. The van der Waals surface area contributed by atoms with Gasteiger partial charge in [0.05, 0.1) is 22.8 Å². The van der Waals surface area contributed by atoms with Gasteiger partial charge in [-0.3, -0.25) is 4.79 Å². The molecule has 2 aromatic rings. The SMILES string of the molecule is CC1(C)CC(C)(c2cc(NC(=O)c3ccc(Cl)cn3)ccc2F)NC(=S)CO1. The zero-order chi connectivity index (χ0) is 20.5. The zero-order valence-corrected chi connectivity index (χ0v) is 17.4. The highest BCUT2D eigenvalue weighted by Crippen LogP contribution is 2.36. The minimum absolute atomic E-state index is 0.213. The smallest absolute Gasteiger partial charge is 0.274 e. The monoisotopic (exact) mass is 421 g/mol. The van der Waals surface area contributed by atoms with Crippen LogP contribution in [0.15, 0.2) is 36.5 Å². The molecular formula is C20H21ClFN3O2S. The summed E-state index contributed by atoms with van der Waals surface area (Å²) in [6.45, 7) is 6.03. The molecule has 8 heteroatoms. The fraction of sp³-hybridized carbons (Fsp3) is 0.350. The van der Waals surface area contributed by atoms with Crippen molar-refractivity contribution in [3.8, 4) is 0 Å². The van der Waals surface area contributed by atoms with Crippen LogP contribution in [0.2, 0.25) is 5.02 Å². The van der Waals surface area contributed by atoms with Crippen LogP contribution in [0.25, 0.3) is 0 Å². The first kappa shape index (κ1) is 20.6. The van der Waals surface area contributed by atoms with E-state index in [2.05, 4.69) is 15.6 Å². The van der Waals surface area contributed by atoms with Crippen LogP contribution in [0, 0.1) is 5.82 Å². The van der Waals surface area contributed by atoms with Crippen LogP contribution >= 0.6 is 23.8 Å². The van der Waals surface area contributed by atoms with Crippen LogP contribution in [0.1, 0.15) is 43.2 Å². The summed E-state index contributed by atoms with van der Waals surface area (Å²) in [6, 6.07) is 7.55. The Bertz CT molecular complexity index is 920. The van der Waals surface area contributed by atoms with Gasteiger partial charge < -0.3 is 15.4 Å². The van der Waals surface area contributed by atoms with Crippen molar-refractivity contribution < 1.29 is 13.9 Å². The van der Waals surface area contributed by atoms with Crippen LogP contribution in [-0.2, 0) is 10.3 Å². The molecule has 1 atom stereocenters. The highest BCUT2D eigenvalue weighted by atomic mass is 35.5. The second-order valence-corrected chi connectivity index (χ2v) is 8.55. The zero-order valence-electron chi connectivity index (χ0n) is 15.8. The maximum Gasteiger partial charge on any atom is 0.274 e. The van der Waals surface area contributed by atoms with Gasteiger partial charge in [-0.2, -0.15) is 0 Å². The number of anilines is 1. The number of ether oxygens (including phenoxy) is 1. The molecule has 148 valence electrons. The Labute approximate surface area is 173 Å². The van der Waals surface area contributed by atoms with Crippen molar-refractivity contribution in [2.45, 2.75) is 38.3 Å². The average Bonchev–Trinajstić information content (AvgIpc) is 2.72. The summed E-state index contributed by atoms with van der Waals surface area (Å²) in [7, 11) is 0. The van der Waals surface area contributed by atoms with E-state index in [1.165, 1.54) is 24.4 Å². The lowest BCUT2D eigenvalue weighted by Gasteiger charge is -2.35. The molecule has 1 aliphatic rings. The molecule has 1 amide bonds. The third-order valence-electron chi connectivity index (χ3n) is 4.57. The highest BCUT2D eigenvalue weighted by Gasteiger charge is 2.39. The predicted octanol–water partition coefficient (Wildman–Crippen LogP) is 4.46. The number of nitrogens with one attached hydrogen (secondary N) is 2. The second kappa shape index (κ2) is 7.73. The van der Waals surface area contributed by atoms with Gasteiger partial charge in [0.2, 0.25) is 0 Å². The predicted molar refractivity (Wildman–Crippen MR) is 111 cm³/mol. The van der Waals surface area contributed by atoms with E-state index in [1.54, 1.807) is 12.1 Å². The molecular weight excluding hydrogens is 401 g/mol. The molecule has 0 spiro atoms. The molecule has 0 bridgehead atoms. The summed E-state index contributed by atoms with van der Waals surface area (Å²) < 4.78 is 20.6. The third kappa shape index (κ3) is 4.66. The average molecular weight is 422 g/mol. The molecule has 28 heavy (non-hydrogen) atoms. The topological polar surface area (TPSA) is 63.2 Å². The number of amides is 1. The Morgan fingerprint density at radius 1 is 1.32 bits per heavy atom. The van der Waals surface area contributed by atoms with Crippen molar-refractivity contribution >= 4 is 40.4 Å². The number of halogens is 2. The minimum atomic E-state index is -0.791. The molecule has 1 unspecified atom stereocenters. The molecule has 1 fully saturated rings. The lowest BCUT2D eigenvalue weighted by molar-refractivity contribution is -0.00903. The molecule has 2 heterocycles. The number of carbonyl (C=O) groups is 1. The van der Waals surface area contributed by atoms with E-state index in [-0.39, 0.29) is 12.3 Å². The number of pyridine rings is 1. The summed E-state index contributed by atoms with van der Waals surface area (Å²) >= 11 is 11.1. The van der Waals surface area contributed by atoms with Crippen molar-refractivity contribution in [3.05, 3.63) is 58.6 Å². The van der Waals surface area contributed by atoms with E-state index >= 15 is 0 Å². The minimum Gasteiger partial charge on any atom is -0.368 e. The van der Waals surface area contributed by atoms with Crippen molar-refractivity contribution in [1.82, 2.24) is 10.3 Å². The van der Waals surface area contributed by atoms with E-state index in [4.69, 9.17) is 28.6 Å². The summed E-state index contributed by atoms with van der Waals surface area (Å²) in [5, 5.41) is 6.40. The molecule has 2 N–H and O–H groups in total. The van der Waals surface area contributed by atoms with Crippen molar-refractivity contribution in [1.29, 1.82) is 0 Å². The number of thiocarbonyl (C=S) groups is 1. The number of hydrogen-bond donors (Lipinski definition) is 2. The van der Waals surface area contributed by atoms with Crippen molar-refractivity contribution in [2.75, 3.05) is 11.9 Å². The van der Waals surface area contributed by atoms with E-state index in [1.807, 2.05) is 20.8 Å². The first-order chi connectivity index (χ1) is 13.1.